The molecule has 0 radical (unpaired) electrons. The van der Waals surface area contributed by atoms with Gasteiger partial charge in [-0.15, -0.1) is 0 Å². The van der Waals surface area contributed by atoms with E-state index in [1.165, 1.54) is 0 Å². The van der Waals surface area contributed by atoms with Crippen LogP contribution < -0.4 is 11.1 Å². The van der Waals surface area contributed by atoms with Crippen LogP contribution in [0, 0.1) is 17.8 Å². The van der Waals surface area contributed by atoms with E-state index in [2.05, 4.69) is 5.32 Å². The maximum absolute atomic E-state index is 12.8. The first-order valence-corrected chi connectivity index (χ1v) is 7.49. The lowest BCUT2D eigenvalue weighted by atomic mass is 9.80. The molecule has 0 bridgehead atoms. The SMILES string of the molecule is NCC1CCCC1NC(=O)C1CCCC(C(F)(F)F)C1. The Labute approximate surface area is 117 Å². The van der Waals surface area contributed by atoms with E-state index in [1.807, 2.05) is 0 Å². The van der Waals surface area contributed by atoms with E-state index in [0.29, 0.717) is 19.4 Å². The molecule has 4 unspecified atom stereocenters. The molecule has 0 aliphatic heterocycles. The van der Waals surface area contributed by atoms with Crippen LogP contribution in [-0.4, -0.2) is 24.7 Å². The van der Waals surface area contributed by atoms with Gasteiger partial charge in [-0.05, 0) is 44.6 Å². The summed E-state index contributed by atoms with van der Waals surface area (Å²) < 4.78 is 38.3. The van der Waals surface area contributed by atoms with E-state index >= 15 is 0 Å². The fourth-order valence-corrected chi connectivity index (χ4v) is 3.53. The summed E-state index contributed by atoms with van der Waals surface area (Å²) in [5, 5.41) is 2.94. The molecule has 2 saturated carbocycles. The lowest BCUT2D eigenvalue weighted by Crippen LogP contribution is -2.44. The molecule has 1 amide bonds. The van der Waals surface area contributed by atoms with Crippen molar-refractivity contribution in [1.29, 1.82) is 0 Å². The van der Waals surface area contributed by atoms with Gasteiger partial charge in [0.25, 0.3) is 0 Å². The molecular weight excluding hydrogens is 269 g/mol. The molecule has 2 aliphatic carbocycles. The highest BCUT2D eigenvalue weighted by Crippen LogP contribution is 2.40. The van der Waals surface area contributed by atoms with Gasteiger partial charge >= 0.3 is 6.18 Å². The average molecular weight is 292 g/mol. The maximum Gasteiger partial charge on any atom is 0.391 e. The number of nitrogens with one attached hydrogen (secondary N) is 1. The highest BCUT2D eigenvalue weighted by atomic mass is 19.4. The number of halogens is 3. The van der Waals surface area contributed by atoms with Gasteiger partial charge in [0, 0.05) is 12.0 Å². The molecule has 0 saturated heterocycles. The Balaban J connectivity index is 1.89. The van der Waals surface area contributed by atoms with E-state index in [4.69, 9.17) is 5.73 Å². The highest BCUT2D eigenvalue weighted by Gasteiger charge is 2.44. The zero-order chi connectivity index (χ0) is 14.8. The third-order valence-electron chi connectivity index (χ3n) is 4.80. The second-order valence-electron chi connectivity index (χ2n) is 6.14. The second kappa shape index (κ2) is 6.33. The van der Waals surface area contributed by atoms with Gasteiger partial charge in [-0.2, -0.15) is 13.2 Å². The van der Waals surface area contributed by atoms with Gasteiger partial charge in [-0.1, -0.05) is 12.8 Å². The van der Waals surface area contributed by atoms with E-state index in [-0.39, 0.29) is 30.7 Å². The zero-order valence-corrected chi connectivity index (χ0v) is 11.6. The van der Waals surface area contributed by atoms with Crippen molar-refractivity contribution < 1.29 is 18.0 Å². The maximum atomic E-state index is 12.8. The van der Waals surface area contributed by atoms with Gasteiger partial charge < -0.3 is 11.1 Å². The van der Waals surface area contributed by atoms with E-state index in [0.717, 1.165) is 19.3 Å². The van der Waals surface area contributed by atoms with Crippen LogP contribution in [0.2, 0.25) is 0 Å². The molecule has 116 valence electrons. The van der Waals surface area contributed by atoms with Crippen molar-refractivity contribution in [3.63, 3.8) is 0 Å². The predicted molar refractivity (Wildman–Crippen MR) is 69.8 cm³/mol. The fourth-order valence-electron chi connectivity index (χ4n) is 3.53. The Morgan fingerprint density at radius 2 is 1.85 bits per heavy atom. The first kappa shape index (κ1) is 15.6. The monoisotopic (exact) mass is 292 g/mol. The number of hydrogen-bond acceptors (Lipinski definition) is 2. The molecule has 2 rings (SSSR count). The lowest BCUT2D eigenvalue weighted by Gasteiger charge is -2.31. The molecule has 0 aromatic rings. The number of nitrogens with two attached hydrogens (primary N) is 1. The topological polar surface area (TPSA) is 55.1 Å². The Kier molecular flexibility index (Phi) is 4.94. The molecule has 0 aromatic carbocycles. The summed E-state index contributed by atoms with van der Waals surface area (Å²) in [6, 6.07) is 0.0544. The number of alkyl halides is 3. The molecule has 20 heavy (non-hydrogen) atoms. The standard InChI is InChI=1S/C14H23F3N2O/c15-14(16,17)11-5-1-3-9(7-11)13(20)19-12-6-2-4-10(12)8-18/h9-12H,1-8,18H2,(H,19,20). The number of carbonyl (C=O) groups excluding carboxylic acids is 1. The van der Waals surface area contributed by atoms with Crippen molar-refractivity contribution >= 4 is 5.91 Å². The van der Waals surface area contributed by atoms with Crippen LogP contribution >= 0.6 is 0 Å². The van der Waals surface area contributed by atoms with Crippen molar-refractivity contribution in [2.24, 2.45) is 23.5 Å². The van der Waals surface area contributed by atoms with Gasteiger partial charge in [-0.3, -0.25) is 4.79 Å². The van der Waals surface area contributed by atoms with Crippen molar-refractivity contribution in [2.75, 3.05) is 6.54 Å². The van der Waals surface area contributed by atoms with Crippen molar-refractivity contribution in [2.45, 2.75) is 57.2 Å². The minimum atomic E-state index is -4.17. The minimum Gasteiger partial charge on any atom is -0.353 e. The molecule has 6 heteroatoms. The van der Waals surface area contributed by atoms with E-state index in [1.54, 1.807) is 0 Å². The highest BCUT2D eigenvalue weighted by molar-refractivity contribution is 5.79. The van der Waals surface area contributed by atoms with Gasteiger partial charge in [0.15, 0.2) is 0 Å². The number of amides is 1. The summed E-state index contributed by atoms with van der Waals surface area (Å²) in [6.07, 6.45) is -0.113. The minimum absolute atomic E-state index is 0.0544. The molecule has 0 heterocycles. The zero-order valence-electron chi connectivity index (χ0n) is 11.6. The molecule has 3 N–H and O–H groups in total. The predicted octanol–water partition coefficient (Wildman–Crippen LogP) is 2.60. The van der Waals surface area contributed by atoms with Crippen LogP contribution in [0.15, 0.2) is 0 Å². The van der Waals surface area contributed by atoms with Crippen LogP contribution in [0.4, 0.5) is 13.2 Å². The summed E-state index contributed by atoms with van der Waals surface area (Å²) in [5.41, 5.74) is 5.66. The third-order valence-corrected chi connectivity index (χ3v) is 4.80. The first-order valence-electron chi connectivity index (χ1n) is 7.49. The van der Waals surface area contributed by atoms with Crippen LogP contribution in [0.5, 0.6) is 0 Å². The molecule has 0 spiro atoms. The quantitative estimate of drug-likeness (QED) is 0.840. The molecular formula is C14H23F3N2O. The molecule has 2 fully saturated rings. The summed E-state index contributed by atoms with van der Waals surface area (Å²) in [6.45, 7) is 0.529. The summed E-state index contributed by atoms with van der Waals surface area (Å²) in [7, 11) is 0. The molecule has 2 aliphatic rings. The smallest absolute Gasteiger partial charge is 0.353 e. The van der Waals surface area contributed by atoms with Crippen molar-refractivity contribution in [3.05, 3.63) is 0 Å². The Bertz CT molecular complexity index is 346. The molecule has 3 nitrogen and oxygen atoms in total. The normalized spacial score (nSPS) is 35.0. The summed E-state index contributed by atoms with van der Waals surface area (Å²) in [5.74, 6) is -1.74. The fraction of sp³-hybridized carbons (Fsp3) is 0.929. The van der Waals surface area contributed by atoms with Gasteiger partial charge in [0.2, 0.25) is 5.91 Å². The van der Waals surface area contributed by atoms with Crippen LogP contribution in [0.25, 0.3) is 0 Å². The molecule has 4 atom stereocenters. The Morgan fingerprint density at radius 3 is 2.50 bits per heavy atom. The van der Waals surface area contributed by atoms with Crippen molar-refractivity contribution in [1.82, 2.24) is 5.32 Å². The largest absolute Gasteiger partial charge is 0.391 e. The first-order chi connectivity index (χ1) is 9.41. The van der Waals surface area contributed by atoms with Gasteiger partial charge in [0.05, 0.1) is 5.92 Å². The van der Waals surface area contributed by atoms with Crippen molar-refractivity contribution in [3.8, 4) is 0 Å². The average Bonchev–Trinajstić information content (AvgIpc) is 2.85. The van der Waals surface area contributed by atoms with Crippen LogP contribution in [-0.2, 0) is 4.79 Å². The number of rotatable bonds is 3. The summed E-state index contributed by atoms with van der Waals surface area (Å²) >= 11 is 0. The van der Waals surface area contributed by atoms with E-state index in [9.17, 15) is 18.0 Å². The number of carbonyl (C=O) groups is 1. The molecule has 0 aromatic heterocycles. The Hall–Kier alpha value is -0.780. The number of hydrogen-bond donors (Lipinski definition) is 2. The van der Waals surface area contributed by atoms with Crippen LogP contribution in [0.1, 0.15) is 44.9 Å². The lowest BCUT2D eigenvalue weighted by molar-refractivity contribution is -0.186. The third kappa shape index (κ3) is 3.65. The van der Waals surface area contributed by atoms with E-state index < -0.39 is 18.0 Å². The summed E-state index contributed by atoms with van der Waals surface area (Å²) in [4.78, 5) is 12.2. The van der Waals surface area contributed by atoms with Crippen LogP contribution in [0.3, 0.4) is 0 Å². The van der Waals surface area contributed by atoms with Gasteiger partial charge in [-0.25, -0.2) is 0 Å². The van der Waals surface area contributed by atoms with Gasteiger partial charge in [0.1, 0.15) is 0 Å². The second-order valence-corrected chi connectivity index (χ2v) is 6.14. The Morgan fingerprint density at radius 1 is 1.15 bits per heavy atom.